The van der Waals surface area contributed by atoms with Gasteiger partial charge < -0.3 is 15.4 Å². The highest BCUT2D eigenvalue weighted by Crippen LogP contribution is 2.20. The number of rotatable bonds is 5. The number of anilines is 1. The van der Waals surface area contributed by atoms with E-state index < -0.39 is 0 Å². The quantitative estimate of drug-likeness (QED) is 0.813. The van der Waals surface area contributed by atoms with Gasteiger partial charge in [0.2, 0.25) is 5.91 Å². The zero-order valence-electron chi connectivity index (χ0n) is 10.7. The van der Waals surface area contributed by atoms with Crippen molar-refractivity contribution in [3.63, 3.8) is 0 Å². The molecule has 0 aliphatic carbocycles. The molecular formula is C12H19N3O2. The molecular weight excluding hydrogens is 218 g/mol. The molecule has 0 saturated carbocycles. The predicted octanol–water partition coefficient (Wildman–Crippen LogP) is 1.42. The highest BCUT2D eigenvalue weighted by Gasteiger charge is 2.15. The van der Waals surface area contributed by atoms with E-state index in [2.05, 4.69) is 15.6 Å². The molecule has 0 aliphatic rings. The van der Waals surface area contributed by atoms with Crippen LogP contribution in [0.4, 0.5) is 5.82 Å². The Bertz CT molecular complexity index is 380. The van der Waals surface area contributed by atoms with Crippen molar-refractivity contribution in [1.82, 2.24) is 10.3 Å². The first-order valence-electron chi connectivity index (χ1n) is 5.60. The SMILES string of the molecule is COc1cccnc1NC(C)C(=O)NC(C)C. The van der Waals surface area contributed by atoms with Gasteiger partial charge in [-0.3, -0.25) is 4.79 Å². The normalized spacial score (nSPS) is 12.1. The molecule has 0 spiro atoms. The summed E-state index contributed by atoms with van der Waals surface area (Å²) in [4.78, 5) is 15.9. The minimum atomic E-state index is -0.360. The minimum Gasteiger partial charge on any atom is -0.493 e. The second kappa shape index (κ2) is 6.08. The Morgan fingerprint density at radius 2 is 2.12 bits per heavy atom. The maximum atomic E-state index is 11.7. The van der Waals surface area contributed by atoms with Crippen LogP contribution in [-0.4, -0.2) is 30.1 Å². The van der Waals surface area contributed by atoms with Crippen LogP contribution in [0.1, 0.15) is 20.8 Å². The third-order valence-electron chi connectivity index (χ3n) is 2.17. The van der Waals surface area contributed by atoms with Crippen LogP contribution >= 0.6 is 0 Å². The molecule has 5 heteroatoms. The Morgan fingerprint density at radius 1 is 1.41 bits per heavy atom. The molecule has 1 amide bonds. The number of amides is 1. The van der Waals surface area contributed by atoms with Crippen LogP contribution in [-0.2, 0) is 4.79 Å². The van der Waals surface area contributed by atoms with Gasteiger partial charge in [0.05, 0.1) is 7.11 Å². The molecule has 1 aromatic heterocycles. The Hall–Kier alpha value is -1.78. The van der Waals surface area contributed by atoms with Crippen molar-refractivity contribution in [3.8, 4) is 5.75 Å². The lowest BCUT2D eigenvalue weighted by molar-refractivity contribution is -0.122. The molecule has 1 heterocycles. The van der Waals surface area contributed by atoms with Gasteiger partial charge in [-0.15, -0.1) is 0 Å². The molecule has 0 radical (unpaired) electrons. The van der Waals surface area contributed by atoms with Crippen molar-refractivity contribution >= 4 is 11.7 Å². The van der Waals surface area contributed by atoms with Crippen LogP contribution in [0, 0.1) is 0 Å². The van der Waals surface area contributed by atoms with Gasteiger partial charge in [0.15, 0.2) is 11.6 Å². The molecule has 1 unspecified atom stereocenters. The number of aromatic nitrogens is 1. The van der Waals surface area contributed by atoms with E-state index in [9.17, 15) is 4.79 Å². The lowest BCUT2D eigenvalue weighted by atomic mass is 10.2. The van der Waals surface area contributed by atoms with Crippen molar-refractivity contribution in [2.24, 2.45) is 0 Å². The molecule has 0 aromatic carbocycles. The van der Waals surface area contributed by atoms with Gasteiger partial charge in [-0.25, -0.2) is 4.98 Å². The number of carbonyl (C=O) groups is 1. The van der Waals surface area contributed by atoms with Crippen LogP contribution in [0.5, 0.6) is 5.75 Å². The van der Waals surface area contributed by atoms with E-state index >= 15 is 0 Å². The molecule has 1 atom stereocenters. The molecule has 2 N–H and O–H groups in total. The second-order valence-electron chi connectivity index (χ2n) is 4.08. The lowest BCUT2D eigenvalue weighted by Crippen LogP contribution is -2.41. The third-order valence-corrected chi connectivity index (χ3v) is 2.17. The molecule has 0 aliphatic heterocycles. The summed E-state index contributed by atoms with van der Waals surface area (Å²) >= 11 is 0. The van der Waals surface area contributed by atoms with Gasteiger partial charge in [0.25, 0.3) is 0 Å². The van der Waals surface area contributed by atoms with Crippen molar-refractivity contribution in [2.75, 3.05) is 12.4 Å². The average molecular weight is 237 g/mol. The van der Waals surface area contributed by atoms with Crippen molar-refractivity contribution in [1.29, 1.82) is 0 Å². The van der Waals surface area contributed by atoms with E-state index in [1.807, 2.05) is 13.8 Å². The molecule has 5 nitrogen and oxygen atoms in total. The fourth-order valence-electron chi connectivity index (χ4n) is 1.34. The zero-order chi connectivity index (χ0) is 12.8. The van der Waals surface area contributed by atoms with E-state index in [1.165, 1.54) is 0 Å². The van der Waals surface area contributed by atoms with Gasteiger partial charge in [0, 0.05) is 12.2 Å². The monoisotopic (exact) mass is 237 g/mol. The standard InChI is InChI=1S/C12H19N3O2/c1-8(2)14-12(16)9(3)15-11-10(17-4)6-5-7-13-11/h5-9H,1-4H3,(H,13,15)(H,14,16). The number of hydrogen-bond acceptors (Lipinski definition) is 4. The number of ether oxygens (including phenoxy) is 1. The number of carbonyl (C=O) groups excluding carboxylic acids is 1. The fraction of sp³-hybridized carbons (Fsp3) is 0.500. The van der Waals surface area contributed by atoms with Gasteiger partial charge >= 0.3 is 0 Å². The fourth-order valence-corrected chi connectivity index (χ4v) is 1.34. The minimum absolute atomic E-state index is 0.0623. The first-order valence-corrected chi connectivity index (χ1v) is 5.60. The Kier molecular flexibility index (Phi) is 4.75. The summed E-state index contributed by atoms with van der Waals surface area (Å²) in [5.41, 5.74) is 0. The topological polar surface area (TPSA) is 63.2 Å². The van der Waals surface area contributed by atoms with E-state index in [-0.39, 0.29) is 18.0 Å². The second-order valence-corrected chi connectivity index (χ2v) is 4.08. The maximum absolute atomic E-state index is 11.7. The highest BCUT2D eigenvalue weighted by molar-refractivity contribution is 5.84. The number of pyridine rings is 1. The number of methoxy groups -OCH3 is 1. The molecule has 0 saturated heterocycles. The summed E-state index contributed by atoms with van der Waals surface area (Å²) in [5, 5.41) is 5.85. The van der Waals surface area contributed by atoms with E-state index in [0.717, 1.165) is 0 Å². The van der Waals surface area contributed by atoms with E-state index in [4.69, 9.17) is 4.74 Å². The van der Waals surface area contributed by atoms with Crippen LogP contribution in [0.15, 0.2) is 18.3 Å². The summed E-state index contributed by atoms with van der Waals surface area (Å²) in [6.07, 6.45) is 1.65. The van der Waals surface area contributed by atoms with Crippen LogP contribution < -0.4 is 15.4 Å². The first-order chi connectivity index (χ1) is 8.04. The Labute approximate surface area is 102 Å². The largest absolute Gasteiger partial charge is 0.493 e. The first kappa shape index (κ1) is 13.3. The summed E-state index contributed by atoms with van der Waals surface area (Å²) in [7, 11) is 1.57. The molecule has 1 rings (SSSR count). The van der Waals surface area contributed by atoms with Crippen molar-refractivity contribution in [3.05, 3.63) is 18.3 Å². The lowest BCUT2D eigenvalue weighted by Gasteiger charge is -2.17. The average Bonchev–Trinajstić information content (AvgIpc) is 2.28. The highest BCUT2D eigenvalue weighted by atomic mass is 16.5. The van der Waals surface area contributed by atoms with Crippen LogP contribution in [0.2, 0.25) is 0 Å². The van der Waals surface area contributed by atoms with Gasteiger partial charge in [0.1, 0.15) is 6.04 Å². The zero-order valence-corrected chi connectivity index (χ0v) is 10.7. The molecule has 0 bridgehead atoms. The molecule has 0 fully saturated rings. The Morgan fingerprint density at radius 3 is 2.71 bits per heavy atom. The molecule has 94 valence electrons. The van der Waals surface area contributed by atoms with Gasteiger partial charge in [-0.2, -0.15) is 0 Å². The van der Waals surface area contributed by atoms with Crippen LogP contribution in [0.25, 0.3) is 0 Å². The molecule has 17 heavy (non-hydrogen) atoms. The number of nitrogens with one attached hydrogen (secondary N) is 2. The number of nitrogens with zero attached hydrogens (tertiary/aromatic N) is 1. The smallest absolute Gasteiger partial charge is 0.242 e. The van der Waals surface area contributed by atoms with Gasteiger partial charge in [-0.05, 0) is 32.9 Å². The van der Waals surface area contributed by atoms with Crippen molar-refractivity contribution < 1.29 is 9.53 Å². The van der Waals surface area contributed by atoms with Crippen LogP contribution in [0.3, 0.4) is 0 Å². The van der Waals surface area contributed by atoms with Gasteiger partial charge in [-0.1, -0.05) is 0 Å². The summed E-state index contributed by atoms with van der Waals surface area (Å²) in [6.45, 7) is 5.63. The summed E-state index contributed by atoms with van der Waals surface area (Å²) in [5.74, 6) is 1.13. The van der Waals surface area contributed by atoms with Crippen molar-refractivity contribution in [2.45, 2.75) is 32.9 Å². The molecule has 1 aromatic rings. The number of hydrogen-bond donors (Lipinski definition) is 2. The van der Waals surface area contributed by atoms with E-state index in [1.54, 1.807) is 32.4 Å². The summed E-state index contributed by atoms with van der Waals surface area (Å²) in [6, 6.07) is 3.34. The summed E-state index contributed by atoms with van der Waals surface area (Å²) < 4.78 is 5.15. The predicted molar refractivity (Wildman–Crippen MR) is 67.2 cm³/mol. The third kappa shape index (κ3) is 3.94. The maximum Gasteiger partial charge on any atom is 0.242 e. The van der Waals surface area contributed by atoms with E-state index in [0.29, 0.717) is 11.6 Å². The Balaban J connectivity index is 2.67.